The highest BCUT2D eigenvalue weighted by Gasteiger charge is 2.38. The molecule has 0 bridgehead atoms. The van der Waals surface area contributed by atoms with E-state index in [1.807, 2.05) is 6.07 Å². The van der Waals surface area contributed by atoms with Crippen molar-refractivity contribution in [2.24, 2.45) is 0 Å². The molecule has 0 spiro atoms. The van der Waals surface area contributed by atoms with Gasteiger partial charge >= 0.3 is 0 Å². The number of hydrogen-bond acceptors (Lipinski definition) is 2. The third kappa shape index (κ3) is 4.02. The van der Waals surface area contributed by atoms with Crippen molar-refractivity contribution in [2.45, 2.75) is 31.7 Å². The van der Waals surface area contributed by atoms with Crippen LogP contribution >= 0.6 is 0 Å². The van der Waals surface area contributed by atoms with Gasteiger partial charge in [0.1, 0.15) is 11.2 Å². The van der Waals surface area contributed by atoms with E-state index in [0.29, 0.717) is 0 Å². The van der Waals surface area contributed by atoms with Crippen LogP contribution in [0, 0.1) is 0 Å². The smallest absolute Gasteiger partial charge is 0.137 e. The summed E-state index contributed by atoms with van der Waals surface area (Å²) in [5.41, 5.74) is 15.0. The van der Waals surface area contributed by atoms with Gasteiger partial charge < -0.3 is 9.32 Å². The van der Waals surface area contributed by atoms with Gasteiger partial charge in [-0.3, -0.25) is 0 Å². The van der Waals surface area contributed by atoms with Crippen LogP contribution in [0.4, 0.5) is 11.4 Å². The lowest BCUT2D eigenvalue weighted by atomic mass is 9.80. The molecule has 216 valence electrons. The van der Waals surface area contributed by atoms with E-state index in [2.05, 4.69) is 158 Å². The fourth-order valence-electron chi connectivity index (χ4n) is 7.77. The Hall–Kier alpha value is -5.34. The Labute approximate surface area is 263 Å². The molecule has 2 aliphatic rings. The lowest BCUT2D eigenvalue weighted by Crippen LogP contribution is -2.33. The standard InChI is InChI=1S/C43H33NO/c1-43(2)38-14-8-6-13-36(38)42-37-26-32(22-18-30(37)19-25-39(42)43)44(31-20-16-29(17-21-31)28-10-4-3-5-11-28)33-23-24-35-34-12-7-9-15-40(34)45-41(35)27-33/h3-25,27,32H,26H2,1-2H3. The molecule has 0 aliphatic heterocycles. The second-order valence-corrected chi connectivity index (χ2v) is 12.9. The maximum atomic E-state index is 6.38. The van der Waals surface area contributed by atoms with Gasteiger partial charge in [-0.2, -0.15) is 0 Å². The first-order valence-corrected chi connectivity index (χ1v) is 15.9. The molecule has 2 nitrogen and oxygen atoms in total. The molecule has 0 fully saturated rings. The average molecular weight is 580 g/mol. The quantitative estimate of drug-likeness (QED) is 0.206. The van der Waals surface area contributed by atoms with E-state index in [9.17, 15) is 0 Å². The zero-order valence-electron chi connectivity index (χ0n) is 25.5. The summed E-state index contributed by atoms with van der Waals surface area (Å²) >= 11 is 0. The second-order valence-electron chi connectivity index (χ2n) is 12.9. The van der Waals surface area contributed by atoms with Gasteiger partial charge in [0.05, 0.1) is 6.04 Å². The van der Waals surface area contributed by atoms with Gasteiger partial charge in [-0.1, -0.05) is 123 Å². The normalized spacial score (nSPS) is 16.0. The van der Waals surface area contributed by atoms with Crippen molar-refractivity contribution in [3.63, 3.8) is 0 Å². The minimum absolute atomic E-state index is 0.0170. The first-order chi connectivity index (χ1) is 22.1. The van der Waals surface area contributed by atoms with Crippen molar-refractivity contribution < 1.29 is 4.42 Å². The molecule has 1 atom stereocenters. The molecular formula is C43H33NO. The van der Waals surface area contributed by atoms with Crippen LogP contribution in [-0.2, 0) is 11.8 Å². The summed E-state index contributed by atoms with van der Waals surface area (Å²) in [7, 11) is 0. The minimum atomic E-state index is -0.0170. The number of furan rings is 1. The zero-order chi connectivity index (χ0) is 30.1. The summed E-state index contributed by atoms with van der Waals surface area (Å²) in [6.45, 7) is 4.73. The monoisotopic (exact) mass is 579 g/mol. The summed E-state index contributed by atoms with van der Waals surface area (Å²) in [4.78, 5) is 2.49. The zero-order valence-corrected chi connectivity index (χ0v) is 25.5. The van der Waals surface area contributed by atoms with E-state index in [-0.39, 0.29) is 11.5 Å². The Bertz CT molecular complexity index is 2270. The predicted molar refractivity (Wildman–Crippen MR) is 188 cm³/mol. The van der Waals surface area contributed by atoms with E-state index in [1.165, 1.54) is 44.5 Å². The Morgan fingerprint density at radius 2 is 1.33 bits per heavy atom. The second kappa shape index (κ2) is 9.84. The molecule has 1 heterocycles. The molecule has 0 saturated carbocycles. The first-order valence-electron chi connectivity index (χ1n) is 15.9. The molecule has 1 aromatic heterocycles. The van der Waals surface area contributed by atoms with Gasteiger partial charge in [0.25, 0.3) is 0 Å². The summed E-state index contributed by atoms with van der Waals surface area (Å²) < 4.78 is 6.38. The van der Waals surface area contributed by atoms with Crippen LogP contribution in [-0.4, -0.2) is 6.04 Å². The number of anilines is 2. The van der Waals surface area contributed by atoms with E-state index in [0.717, 1.165) is 39.7 Å². The van der Waals surface area contributed by atoms with E-state index < -0.39 is 0 Å². The highest BCUT2D eigenvalue weighted by atomic mass is 16.3. The number of hydrogen-bond donors (Lipinski definition) is 0. The van der Waals surface area contributed by atoms with Crippen LogP contribution in [0.15, 0.2) is 144 Å². The summed E-state index contributed by atoms with van der Waals surface area (Å²) in [5, 5.41) is 2.30. The first kappa shape index (κ1) is 26.1. The Morgan fingerprint density at radius 3 is 2.20 bits per heavy atom. The molecule has 0 radical (unpaired) electrons. The summed E-state index contributed by atoms with van der Waals surface area (Å²) in [5.74, 6) is 0. The van der Waals surface area contributed by atoms with Gasteiger partial charge in [-0.15, -0.1) is 0 Å². The van der Waals surface area contributed by atoms with Crippen LogP contribution in [0.5, 0.6) is 0 Å². The maximum Gasteiger partial charge on any atom is 0.137 e. The Morgan fingerprint density at radius 1 is 0.622 bits per heavy atom. The third-order valence-electron chi connectivity index (χ3n) is 10.0. The molecule has 45 heavy (non-hydrogen) atoms. The largest absolute Gasteiger partial charge is 0.456 e. The van der Waals surface area contributed by atoms with Crippen LogP contribution in [0.1, 0.15) is 36.1 Å². The average Bonchev–Trinajstić information content (AvgIpc) is 3.57. The van der Waals surface area contributed by atoms with Crippen molar-refractivity contribution in [1.29, 1.82) is 0 Å². The van der Waals surface area contributed by atoms with E-state index in [4.69, 9.17) is 4.42 Å². The van der Waals surface area contributed by atoms with Crippen LogP contribution in [0.25, 0.3) is 50.3 Å². The molecule has 0 amide bonds. The maximum absolute atomic E-state index is 6.38. The van der Waals surface area contributed by atoms with Gasteiger partial charge in [-0.05, 0) is 81.3 Å². The Kier molecular flexibility index (Phi) is 5.70. The molecule has 0 saturated heterocycles. The van der Waals surface area contributed by atoms with Crippen LogP contribution in [0.3, 0.4) is 0 Å². The van der Waals surface area contributed by atoms with E-state index >= 15 is 0 Å². The third-order valence-corrected chi connectivity index (χ3v) is 10.0. The molecule has 7 aromatic rings. The SMILES string of the molecule is CC1(C)c2ccccc2-c2c1ccc1c2CC(N(c2ccc(-c3ccccc3)cc2)c2ccc3c(c2)oc2ccccc23)C=C1. The Balaban J connectivity index is 1.19. The number of benzene rings is 6. The summed E-state index contributed by atoms with van der Waals surface area (Å²) in [6, 6.07) is 48.4. The van der Waals surface area contributed by atoms with Gasteiger partial charge in [0.15, 0.2) is 0 Å². The van der Waals surface area contributed by atoms with Crippen molar-refractivity contribution in [2.75, 3.05) is 4.90 Å². The topological polar surface area (TPSA) is 16.4 Å². The fraction of sp³-hybridized carbons (Fsp3) is 0.116. The van der Waals surface area contributed by atoms with Crippen molar-refractivity contribution >= 4 is 39.4 Å². The number of nitrogens with zero attached hydrogens (tertiary/aromatic N) is 1. The van der Waals surface area contributed by atoms with Gasteiger partial charge in [-0.25, -0.2) is 0 Å². The molecule has 9 rings (SSSR count). The number of fused-ring (bicyclic) bond motifs is 8. The highest BCUT2D eigenvalue weighted by Crippen LogP contribution is 2.52. The van der Waals surface area contributed by atoms with Gasteiger partial charge in [0, 0.05) is 33.6 Å². The van der Waals surface area contributed by atoms with Crippen LogP contribution in [0.2, 0.25) is 0 Å². The number of para-hydroxylation sites is 1. The molecule has 0 N–H and O–H groups in total. The lowest BCUT2D eigenvalue weighted by Gasteiger charge is -2.35. The van der Waals surface area contributed by atoms with Gasteiger partial charge in [0.2, 0.25) is 0 Å². The van der Waals surface area contributed by atoms with Crippen molar-refractivity contribution in [3.8, 4) is 22.3 Å². The van der Waals surface area contributed by atoms with Crippen molar-refractivity contribution in [3.05, 3.63) is 162 Å². The molecule has 1 unspecified atom stereocenters. The highest BCUT2D eigenvalue weighted by molar-refractivity contribution is 6.05. The predicted octanol–water partition coefficient (Wildman–Crippen LogP) is 11.3. The number of rotatable bonds is 4. The van der Waals surface area contributed by atoms with Crippen molar-refractivity contribution in [1.82, 2.24) is 0 Å². The lowest BCUT2D eigenvalue weighted by molar-refractivity contribution is 0.659. The fourth-order valence-corrected chi connectivity index (χ4v) is 7.77. The summed E-state index contributed by atoms with van der Waals surface area (Å²) in [6.07, 6.45) is 5.63. The minimum Gasteiger partial charge on any atom is -0.456 e. The molecule has 2 aliphatic carbocycles. The molecule has 2 heteroatoms. The van der Waals surface area contributed by atoms with E-state index in [1.54, 1.807) is 0 Å². The molecular weight excluding hydrogens is 546 g/mol. The van der Waals surface area contributed by atoms with Crippen LogP contribution < -0.4 is 4.90 Å². The molecule has 6 aromatic carbocycles.